The number of hydrogen-bond acceptors (Lipinski definition) is 1. The summed E-state index contributed by atoms with van der Waals surface area (Å²) < 4.78 is 0. The van der Waals surface area contributed by atoms with E-state index in [0.717, 1.165) is 12.8 Å². The second kappa shape index (κ2) is 5.02. The van der Waals surface area contributed by atoms with Crippen LogP contribution in [0.25, 0.3) is 0 Å². The van der Waals surface area contributed by atoms with Crippen molar-refractivity contribution in [3.8, 4) is 0 Å². The van der Waals surface area contributed by atoms with Gasteiger partial charge in [-0.3, -0.25) is 0 Å². The van der Waals surface area contributed by atoms with Gasteiger partial charge in [-0.1, -0.05) is 36.8 Å². The van der Waals surface area contributed by atoms with E-state index in [-0.39, 0.29) is 6.10 Å². The lowest BCUT2D eigenvalue weighted by atomic mass is 9.73. The first-order valence-electron chi connectivity index (χ1n) is 7.36. The maximum absolute atomic E-state index is 10.2. The Morgan fingerprint density at radius 3 is 2.50 bits per heavy atom. The number of nitrogens with two attached hydrogens (primary N) is 1. The van der Waals surface area contributed by atoms with Crippen LogP contribution in [0.4, 0.5) is 0 Å². The molecular formula is C16H24NO+. The predicted molar refractivity (Wildman–Crippen MR) is 72.2 cm³/mol. The highest BCUT2D eigenvalue weighted by Gasteiger charge is 2.44. The Bertz CT molecular complexity index is 383. The molecule has 1 aliphatic carbocycles. The highest BCUT2D eigenvalue weighted by Crippen LogP contribution is 2.34. The van der Waals surface area contributed by atoms with E-state index in [1.54, 1.807) is 0 Å². The van der Waals surface area contributed by atoms with E-state index in [2.05, 4.69) is 35.6 Å². The summed E-state index contributed by atoms with van der Waals surface area (Å²) in [7, 11) is 0. The molecule has 2 fully saturated rings. The van der Waals surface area contributed by atoms with E-state index in [1.165, 1.54) is 37.7 Å². The molecule has 0 aromatic heterocycles. The van der Waals surface area contributed by atoms with Crippen LogP contribution in [0.15, 0.2) is 30.3 Å². The van der Waals surface area contributed by atoms with Gasteiger partial charge in [0.1, 0.15) is 6.04 Å². The SMILES string of the molecule is OC1CC(c2ccccc2)[NH2+]C2(CCCCC2)C1. The predicted octanol–water partition coefficient (Wildman–Crippen LogP) is 2.15. The van der Waals surface area contributed by atoms with Gasteiger partial charge in [0, 0.05) is 31.2 Å². The van der Waals surface area contributed by atoms with Crippen molar-refractivity contribution >= 4 is 0 Å². The molecule has 2 atom stereocenters. The average molecular weight is 246 g/mol. The molecule has 2 unspecified atom stereocenters. The molecule has 1 heterocycles. The Morgan fingerprint density at radius 1 is 1.06 bits per heavy atom. The fourth-order valence-corrected chi connectivity index (χ4v) is 3.97. The van der Waals surface area contributed by atoms with Crippen molar-refractivity contribution in [1.82, 2.24) is 0 Å². The van der Waals surface area contributed by atoms with Crippen molar-refractivity contribution in [3.63, 3.8) is 0 Å². The van der Waals surface area contributed by atoms with Crippen molar-refractivity contribution < 1.29 is 10.4 Å². The van der Waals surface area contributed by atoms with Crippen molar-refractivity contribution in [2.45, 2.75) is 62.6 Å². The van der Waals surface area contributed by atoms with Gasteiger partial charge in [0.2, 0.25) is 0 Å². The summed E-state index contributed by atoms with van der Waals surface area (Å²) in [5, 5.41) is 12.8. The minimum Gasteiger partial charge on any atom is -0.393 e. The summed E-state index contributed by atoms with van der Waals surface area (Å²) in [5.74, 6) is 0. The zero-order valence-corrected chi connectivity index (χ0v) is 11.0. The van der Waals surface area contributed by atoms with E-state index in [0.29, 0.717) is 11.6 Å². The van der Waals surface area contributed by atoms with Gasteiger partial charge in [0.15, 0.2) is 0 Å². The van der Waals surface area contributed by atoms with Crippen LogP contribution in [0.5, 0.6) is 0 Å². The van der Waals surface area contributed by atoms with Crippen LogP contribution >= 0.6 is 0 Å². The number of aliphatic hydroxyl groups excluding tert-OH is 1. The van der Waals surface area contributed by atoms with Gasteiger partial charge in [0.05, 0.1) is 11.6 Å². The van der Waals surface area contributed by atoms with Crippen LogP contribution in [-0.4, -0.2) is 16.7 Å². The quantitative estimate of drug-likeness (QED) is 0.782. The van der Waals surface area contributed by atoms with E-state index >= 15 is 0 Å². The molecule has 2 heteroatoms. The van der Waals surface area contributed by atoms with Crippen LogP contribution in [0, 0.1) is 0 Å². The van der Waals surface area contributed by atoms with Crippen molar-refractivity contribution in [3.05, 3.63) is 35.9 Å². The maximum atomic E-state index is 10.2. The molecule has 3 N–H and O–H groups in total. The van der Waals surface area contributed by atoms with E-state index in [9.17, 15) is 5.11 Å². The minimum atomic E-state index is -0.113. The Labute approximate surface area is 109 Å². The maximum Gasteiger partial charge on any atom is 0.114 e. The van der Waals surface area contributed by atoms with Gasteiger partial charge in [-0.2, -0.15) is 0 Å². The molecule has 1 aliphatic heterocycles. The second-order valence-corrected chi connectivity index (χ2v) is 6.20. The highest BCUT2D eigenvalue weighted by molar-refractivity contribution is 5.17. The second-order valence-electron chi connectivity index (χ2n) is 6.20. The first kappa shape index (κ1) is 12.2. The first-order valence-corrected chi connectivity index (χ1v) is 7.36. The molecule has 3 rings (SSSR count). The van der Waals surface area contributed by atoms with Crippen LogP contribution in [0.2, 0.25) is 0 Å². The van der Waals surface area contributed by atoms with E-state index < -0.39 is 0 Å². The van der Waals surface area contributed by atoms with Gasteiger partial charge >= 0.3 is 0 Å². The number of benzene rings is 1. The Balaban J connectivity index is 1.80. The highest BCUT2D eigenvalue weighted by atomic mass is 16.3. The van der Waals surface area contributed by atoms with E-state index in [4.69, 9.17) is 0 Å². The van der Waals surface area contributed by atoms with Gasteiger partial charge in [0.25, 0.3) is 0 Å². The molecular weight excluding hydrogens is 222 g/mol. The third-order valence-electron chi connectivity index (χ3n) is 4.80. The molecule has 1 aromatic rings. The average Bonchev–Trinajstić information content (AvgIpc) is 2.40. The summed E-state index contributed by atoms with van der Waals surface area (Å²) in [4.78, 5) is 0. The zero-order valence-electron chi connectivity index (χ0n) is 11.0. The van der Waals surface area contributed by atoms with Gasteiger partial charge in [-0.05, 0) is 12.8 Å². The number of hydrogen-bond donors (Lipinski definition) is 2. The van der Waals surface area contributed by atoms with Gasteiger partial charge in [-0.25, -0.2) is 0 Å². The van der Waals surface area contributed by atoms with Crippen molar-refractivity contribution in [2.24, 2.45) is 0 Å². The Hall–Kier alpha value is -0.860. The number of piperidine rings is 1. The lowest BCUT2D eigenvalue weighted by molar-refractivity contribution is -0.777. The van der Waals surface area contributed by atoms with Crippen LogP contribution in [-0.2, 0) is 0 Å². The lowest BCUT2D eigenvalue weighted by Crippen LogP contribution is -2.99. The Kier molecular flexibility index (Phi) is 3.40. The molecule has 0 bridgehead atoms. The molecule has 1 saturated heterocycles. The summed E-state index contributed by atoms with van der Waals surface area (Å²) in [6.45, 7) is 0. The Morgan fingerprint density at radius 2 is 1.78 bits per heavy atom. The summed E-state index contributed by atoms with van der Waals surface area (Å²) >= 11 is 0. The third kappa shape index (κ3) is 2.45. The number of aliphatic hydroxyl groups is 1. The molecule has 1 spiro atoms. The van der Waals surface area contributed by atoms with Gasteiger partial charge < -0.3 is 10.4 Å². The van der Waals surface area contributed by atoms with E-state index in [1.807, 2.05) is 0 Å². The molecule has 1 saturated carbocycles. The van der Waals surface area contributed by atoms with Crippen molar-refractivity contribution in [2.75, 3.05) is 0 Å². The monoisotopic (exact) mass is 246 g/mol. The molecule has 18 heavy (non-hydrogen) atoms. The minimum absolute atomic E-state index is 0.113. The fourth-order valence-electron chi connectivity index (χ4n) is 3.97. The summed E-state index contributed by atoms with van der Waals surface area (Å²) in [5.41, 5.74) is 1.71. The topological polar surface area (TPSA) is 36.8 Å². The number of quaternary nitrogens is 1. The normalized spacial score (nSPS) is 31.4. The molecule has 98 valence electrons. The van der Waals surface area contributed by atoms with Crippen LogP contribution < -0.4 is 5.32 Å². The summed E-state index contributed by atoms with van der Waals surface area (Å²) in [6, 6.07) is 11.1. The molecule has 2 nitrogen and oxygen atoms in total. The van der Waals surface area contributed by atoms with Crippen molar-refractivity contribution in [1.29, 1.82) is 0 Å². The largest absolute Gasteiger partial charge is 0.393 e. The smallest absolute Gasteiger partial charge is 0.114 e. The van der Waals surface area contributed by atoms with Crippen LogP contribution in [0.3, 0.4) is 0 Å². The molecule has 0 amide bonds. The molecule has 0 radical (unpaired) electrons. The first-order chi connectivity index (χ1) is 8.77. The standard InChI is InChI=1S/C16H23NO/c18-14-11-15(13-7-3-1-4-8-13)17-16(12-14)9-5-2-6-10-16/h1,3-4,7-8,14-15,17-18H,2,5-6,9-12H2/p+1. The van der Waals surface area contributed by atoms with Crippen LogP contribution in [0.1, 0.15) is 56.6 Å². The fraction of sp³-hybridized carbons (Fsp3) is 0.625. The lowest BCUT2D eigenvalue weighted by Gasteiger charge is -2.43. The third-order valence-corrected chi connectivity index (χ3v) is 4.80. The zero-order chi connectivity index (χ0) is 12.4. The summed E-state index contributed by atoms with van der Waals surface area (Å²) in [6.07, 6.45) is 8.42. The molecule has 1 aromatic carbocycles. The molecule has 2 aliphatic rings. The number of rotatable bonds is 1. The van der Waals surface area contributed by atoms with Gasteiger partial charge in [-0.15, -0.1) is 0 Å².